The summed E-state index contributed by atoms with van der Waals surface area (Å²) in [6, 6.07) is 4.24. The highest BCUT2D eigenvalue weighted by atomic mass is 35.5. The van der Waals surface area contributed by atoms with Crippen molar-refractivity contribution in [2.75, 3.05) is 5.75 Å². The summed E-state index contributed by atoms with van der Waals surface area (Å²) in [6.07, 6.45) is 0.667. The molecular formula is C11H9Cl2NO2S. The van der Waals surface area contributed by atoms with Crippen LogP contribution in [-0.2, 0) is 4.79 Å². The van der Waals surface area contributed by atoms with Gasteiger partial charge >= 0.3 is 0 Å². The number of hydrogen-bond donors (Lipinski definition) is 1. The number of hydrogen-bond acceptors (Lipinski definition) is 3. The average molecular weight is 290 g/mol. The quantitative estimate of drug-likeness (QED) is 0.911. The molecule has 1 N–H and O–H groups in total. The smallest absolute Gasteiger partial charge is 0.253 e. The van der Waals surface area contributed by atoms with Gasteiger partial charge in [-0.15, -0.1) is 0 Å². The fourth-order valence-corrected chi connectivity index (χ4v) is 2.96. The Kier molecular flexibility index (Phi) is 3.97. The summed E-state index contributed by atoms with van der Waals surface area (Å²) in [5, 5.41) is 3.43. The van der Waals surface area contributed by atoms with Gasteiger partial charge in [0.15, 0.2) is 0 Å². The molecule has 1 fully saturated rings. The largest absolute Gasteiger partial charge is 0.341 e. The van der Waals surface area contributed by atoms with Crippen LogP contribution in [0.1, 0.15) is 16.8 Å². The number of rotatable bonds is 2. The van der Waals surface area contributed by atoms with Gasteiger partial charge in [0, 0.05) is 10.8 Å². The van der Waals surface area contributed by atoms with Crippen LogP contribution in [0, 0.1) is 0 Å². The van der Waals surface area contributed by atoms with Crippen LogP contribution in [0.4, 0.5) is 0 Å². The average Bonchev–Trinajstić information content (AvgIpc) is 2.64. The first-order valence-corrected chi connectivity index (χ1v) is 6.74. The minimum atomic E-state index is -0.403. The normalized spacial score (nSPS) is 19.4. The van der Waals surface area contributed by atoms with E-state index >= 15 is 0 Å². The molecule has 1 atom stereocenters. The van der Waals surface area contributed by atoms with Crippen molar-refractivity contribution in [2.24, 2.45) is 0 Å². The summed E-state index contributed by atoms with van der Waals surface area (Å²) in [5.74, 6) is 0.408. The topological polar surface area (TPSA) is 46.2 Å². The molecule has 1 aliphatic rings. The summed E-state index contributed by atoms with van der Waals surface area (Å²) < 4.78 is 0. The lowest BCUT2D eigenvalue weighted by Crippen LogP contribution is -2.37. The Morgan fingerprint density at radius 2 is 2.18 bits per heavy atom. The van der Waals surface area contributed by atoms with E-state index in [1.54, 1.807) is 12.1 Å². The van der Waals surface area contributed by atoms with Crippen LogP contribution in [0.2, 0.25) is 10.0 Å². The predicted octanol–water partition coefficient (Wildman–Crippen LogP) is 2.76. The van der Waals surface area contributed by atoms with E-state index in [0.717, 1.165) is 5.75 Å². The lowest BCUT2D eigenvalue weighted by Gasteiger charge is -2.11. The van der Waals surface area contributed by atoms with E-state index < -0.39 is 6.04 Å². The summed E-state index contributed by atoms with van der Waals surface area (Å²) in [5.41, 5.74) is 0.334. The van der Waals surface area contributed by atoms with Crippen molar-refractivity contribution in [3.8, 4) is 0 Å². The van der Waals surface area contributed by atoms with Gasteiger partial charge in [-0.2, -0.15) is 0 Å². The predicted molar refractivity (Wildman–Crippen MR) is 69.8 cm³/mol. The second kappa shape index (κ2) is 5.29. The summed E-state index contributed by atoms with van der Waals surface area (Å²) in [4.78, 5) is 23.3. The van der Waals surface area contributed by atoms with E-state index in [0.29, 0.717) is 17.0 Å². The molecule has 0 bridgehead atoms. The maximum atomic E-state index is 11.9. The Morgan fingerprint density at radius 3 is 2.76 bits per heavy atom. The van der Waals surface area contributed by atoms with Crippen molar-refractivity contribution in [1.82, 2.24) is 5.32 Å². The number of thioether (sulfide) groups is 1. The summed E-state index contributed by atoms with van der Waals surface area (Å²) in [6.45, 7) is 0. The standard InChI is InChI=1S/C11H9Cl2NO2S/c12-6-1-2-7(8(13)5-6)10(15)14-9-3-4-17-11(9)16/h1-2,5,9H,3-4H2,(H,14,15)/t9-/m0/s1. The zero-order chi connectivity index (χ0) is 12.4. The SMILES string of the molecule is O=C(N[C@H]1CCSC1=O)c1ccc(Cl)cc1Cl. The molecule has 90 valence electrons. The van der Waals surface area contributed by atoms with Gasteiger partial charge in [0.2, 0.25) is 5.12 Å². The van der Waals surface area contributed by atoms with Crippen LogP contribution in [0.15, 0.2) is 18.2 Å². The highest BCUT2D eigenvalue weighted by Crippen LogP contribution is 2.23. The number of halogens is 2. The first kappa shape index (κ1) is 12.7. The van der Waals surface area contributed by atoms with E-state index in [1.807, 2.05) is 0 Å². The number of amides is 1. The van der Waals surface area contributed by atoms with Crippen LogP contribution in [0.3, 0.4) is 0 Å². The summed E-state index contributed by atoms with van der Waals surface area (Å²) >= 11 is 12.9. The Balaban J connectivity index is 2.11. The van der Waals surface area contributed by atoms with Crippen molar-refractivity contribution in [1.29, 1.82) is 0 Å². The number of carbonyl (C=O) groups is 2. The molecule has 1 aromatic rings. The molecule has 0 radical (unpaired) electrons. The Morgan fingerprint density at radius 1 is 1.41 bits per heavy atom. The third-order valence-corrected chi connectivity index (χ3v) is 3.97. The zero-order valence-corrected chi connectivity index (χ0v) is 11.0. The van der Waals surface area contributed by atoms with Crippen LogP contribution in [0.5, 0.6) is 0 Å². The van der Waals surface area contributed by atoms with Crippen LogP contribution >= 0.6 is 35.0 Å². The minimum Gasteiger partial charge on any atom is -0.341 e. The fourth-order valence-electron chi connectivity index (χ4n) is 1.54. The van der Waals surface area contributed by atoms with Gasteiger partial charge in [-0.1, -0.05) is 35.0 Å². The van der Waals surface area contributed by atoms with Crippen molar-refractivity contribution in [3.05, 3.63) is 33.8 Å². The van der Waals surface area contributed by atoms with Crippen LogP contribution in [0.25, 0.3) is 0 Å². The van der Waals surface area contributed by atoms with Gasteiger partial charge in [-0.3, -0.25) is 9.59 Å². The molecule has 1 aromatic carbocycles. The number of carbonyl (C=O) groups excluding carboxylic acids is 2. The molecule has 17 heavy (non-hydrogen) atoms. The third kappa shape index (κ3) is 2.94. The van der Waals surface area contributed by atoms with Gasteiger partial charge < -0.3 is 5.32 Å². The molecule has 0 spiro atoms. The molecule has 1 amide bonds. The van der Waals surface area contributed by atoms with Crippen LogP contribution in [-0.4, -0.2) is 22.8 Å². The lowest BCUT2D eigenvalue weighted by molar-refractivity contribution is -0.112. The van der Waals surface area contributed by atoms with Crippen molar-refractivity contribution < 1.29 is 9.59 Å². The number of nitrogens with one attached hydrogen (secondary N) is 1. The molecule has 1 saturated heterocycles. The second-order valence-corrected chi connectivity index (χ2v) is 5.55. The fraction of sp³-hybridized carbons (Fsp3) is 0.273. The molecule has 1 aliphatic heterocycles. The molecule has 0 unspecified atom stereocenters. The van der Waals surface area contributed by atoms with E-state index in [-0.39, 0.29) is 16.0 Å². The molecular weight excluding hydrogens is 281 g/mol. The van der Waals surface area contributed by atoms with E-state index in [2.05, 4.69) is 5.32 Å². The van der Waals surface area contributed by atoms with Gasteiger partial charge in [-0.05, 0) is 24.6 Å². The Bertz CT molecular complexity index is 479. The molecule has 0 aromatic heterocycles. The summed E-state index contributed by atoms with van der Waals surface area (Å²) in [7, 11) is 0. The Hall–Kier alpha value is -0.710. The van der Waals surface area contributed by atoms with Crippen molar-refractivity contribution in [2.45, 2.75) is 12.5 Å². The number of benzene rings is 1. The van der Waals surface area contributed by atoms with E-state index in [9.17, 15) is 9.59 Å². The zero-order valence-electron chi connectivity index (χ0n) is 8.70. The maximum absolute atomic E-state index is 11.9. The third-order valence-electron chi connectivity index (χ3n) is 2.42. The molecule has 3 nitrogen and oxygen atoms in total. The van der Waals surface area contributed by atoms with Gasteiger partial charge in [0.25, 0.3) is 5.91 Å². The monoisotopic (exact) mass is 289 g/mol. The highest BCUT2D eigenvalue weighted by molar-refractivity contribution is 8.14. The molecule has 6 heteroatoms. The lowest BCUT2D eigenvalue weighted by atomic mass is 10.2. The maximum Gasteiger partial charge on any atom is 0.253 e. The van der Waals surface area contributed by atoms with Crippen molar-refractivity contribution in [3.63, 3.8) is 0 Å². The molecule has 2 rings (SSSR count). The first-order valence-electron chi connectivity index (χ1n) is 5.00. The first-order chi connectivity index (χ1) is 8.08. The van der Waals surface area contributed by atoms with Gasteiger partial charge in [-0.25, -0.2) is 0 Å². The van der Waals surface area contributed by atoms with E-state index in [4.69, 9.17) is 23.2 Å². The molecule has 0 saturated carbocycles. The van der Waals surface area contributed by atoms with Gasteiger partial charge in [0.1, 0.15) is 0 Å². The molecule has 1 heterocycles. The Labute approximate surface area is 113 Å². The highest BCUT2D eigenvalue weighted by Gasteiger charge is 2.27. The molecule has 0 aliphatic carbocycles. The second-order valence-electron chi connectivity index (χ2n) is 3.61. The van der Waals surface area contributed by atoms with Crippen LogP contribution < -0.4 is 5.32 Å². The minimum absolute atomic E-state index is 0.00318. The van der Waals surface area contributed by atoms with Crippen molar-refractivity contribution >= 4 is 46.0 Å². The van der Waals surface area contributed by atoms with E-state index in [1.165, 1.54) is 17.8 Å². The van der Waals surface area contributed by atoms with Gasteiger partial charge in [0.05, 0.1) is 16.6 Å².